The molecular formula is C36H33Cl2N. The Morgan fingerprint density at radius 3 is 2.26 bits per heavy atom. The zero-order valence-corrected chi connectivity index (χ0v) is 24.2. The van der Waals surface area contributed by atoms with Gasteiger partial charge in [-0.1, -0.05) is 90.8 Å². The Bertz CT molecular complexity index is 1560. The first kappa shape index (κ1) is 27.1. The summed E-state index contributed by atoms with van der Waals surface area (Å²) in [5, 5.41) is 1.52. The van der Waals surface area contributed by atoms with Gasteiger partial charge in [-0.25, -0.2) is 0 Å². The molecule has 4 aromatic rings. The fourth-order valence-corrected chi connectivity index (χ4v) is 5.70. The summed E-state index contributed by atoms with van der Waals surface area (Å²) in [4.78, 5) is 2.31. The average molecular weight is 551 g/mol. The Morgan fingerprint density at radius 1 is 0.872 bits per heavy atom. The van der Waals surface area contributed by atoms with Gasteiger partial charge in [-0.15, -0.1) is 0 Å². The quantitative estimate of drug-likeness (QED) is 0.207. The second-order valence-corrected chi connectivity index (χ2v) is 10.8. The zero-order chi connectivity index (χ0) is 27.4. The number of hydrogen-bond donors (Lipinski definition) is 0. The third-order valence-electron chi connectivity index (χ3n) is 7.28. The van der Waals surface area contributed by atoms with Crippen LogP contribution >= 0.6 is 23.2 Å². The number of allylic oxidation sites excluding steroid dienone is 5. The van der Waals surface area contributed by atoms with Crippen LogP contribution in [0.25, 0.3) is 17.2 Å². The van der Waals surface area contributed by atoms with Crippen molar-refractivity contribution in [3.05, 3.63) is 141 Å². The van der Waals surface area contributed by atoms with Crippen molar-refractivity contribution in [1.82, 2.24) is 0 Å². The molecule has 5 rings (SSSR count). The van der Waals surface area contributed by atoms with Gasteiger partial charge in [0.2, 0.25) is 0 Å². The van der Waals surface area contributed by atoms with Crippen LogP contribution in [0.5, 0.6) is 0 Å². The normalized spacial score (nSPS) is 13.4. The van der Waals surface area contributed by atoms with E-state index in [0.717, 1.165) is 51.9 Å². The third kappa shape index (κ3) is 5.91. The van der Waals surface area contributed by atoms with Crippen LogP contribution in [-0.2, 0) is 6.42 Å². The molecule has 196 valence electrons. The van der Waals surface area contributed by atoms with E-state index >= 15 is 0 Å². The molecule has 1 aliphatic rings. The molecule has 3 heteroatoms. The van der Waals surface area contributed by atoms with Crippen molar-refractivity contribution in [2.75, 3.05) is 4.90 Å². The van der Waals surface area contributed by atoms with Crippen molar-refractivity contribution >= 4 is 57.5 Å². The van der Waals surface area contributed by atoms with Crippen molar-refractivity contribution in [2.45, 2.75) is 40.0 Å². The molecule has 0 atom stereocenters. The van der Waals surface area contributed by atoms with E-state index in [4.69, 9.17) is 23.2 Å². The number of hydrogen-bond acceptors (Lipinski definition) is 1. The lowest BCUT2D eigenvalue weighted by molar-refractivity contribution is 0.979. The first-order chi connectivity index (χ1) is 19.0. The molecule has 0 N–H and O–H groups in total. The average Bonchev–Trinajstić information content (AvgIpc) is 2.96. The van der Waals surface area contributed by atoms with E-state index in [2.05, 4.69) is 117 Å². The molecule has 0 unspecified atom stereocenters. The second kappa shape index (κ2) is 12.1. The van der Waals surface area contributed by atoms with E-state index in [0.29, 0.717) is 0 Å². The highest BCUT2D eigenvalue weighted by atomic mass is 35.5. The molecule has 0 saturated heterocycles. The molecule has 1 aliphatic carbocycles. The van der Waals surface area contributed by atoms with Crippen molar-refractivity contribution in [1.29, 1.82) is 0 Å². The molecule has 0 fully saturated rings. The van der Waals surface area contributed by atoms with Crippen molar-refractivity contribution in [3.63, 3.8) is 0 Å². The summed E-state index contributed by atoms with van der Waals surface area (Å²) in [5.41, 5.74) is 12.0. The van der Waals surface area contributed by atoms with E-state index in [1.54, 1.807) is 0 Å². The maximum Gasteiger partial charge on any atom is 0.0500 e. The molecule has 0 bridgehead atoms. The standard InChI is InChI=1S/C36H33Cl2N/c1-4-9-28(24-26(3)32-11-6-5-10-25(32)2)27-14-18-30(19-15-27)39(31-20-16-29(37)17-21-31)36-23-22-35(38)33-12-7-8-13-34(33)36/h5-7,9-12,14-24H,4,8,13H2,1-3H3/b26-24+,28-9+. The van der Waals surface area contributed by atoms with E-state index in [-0.39, 0.29) is 0 Å². The van der Waals surface area contributed by atoms with Crippen LogP contribution in [0.15, 0.2) is 103 Å². The van der Waals surface area contributed by atoms with Gasteiger partial charge in [-0.2, -0.15) is 0 Å². The third-order valence-corrected chi connectivity index (χ3v) is 7.86. The van der Waals surface area contributed by atoms with Crippen LogP contribution in [0.1, 0.15) is 54.5 Å². The predicted octanol–water partition coefficient (Wildman–Crippen LogP) is 11.6. The number of nitrogens with zero attached hydrogens (tertiary/aromatic N) is 1. The van der Waals surface area contributed by atoms with Crippen LogP contribution in [-0.4, -0.2) is 0 Å². The Kier molecular flexibility index (Phi) is 8.41. The van der Waals surface area contributed by atoms with Gasteiger partial charge in [0.05, 0.1) is 5.69 Å². The molecule has 0 saturated carbocycles. The summed E-state index contributed by atoms with van der Waals surface area (Å²) in [7, 11) is 0. The first-order valence-electron chi connectivity index (χ1n) is 13.5. The Labute approximate surface area is 242 Å². The summed E-state index contributed by atoms with van der Waals surface area (Å²) in [6, 6.07) is 29.6. The number of halogens is 2. The lowest BCUT2D eigenvalue weighted by Gasteiger charge is -2.30. The van der Waals surface area contributed by atoms with Gasteiger partial charge in [-0.05, 0) is 121 Å². The first-order valence-corrected chi connectivity index (χ1v) is 14.3. The SMILES string of the molecule is CC/C=C(\C=C(/C)c1ccccc1C)c1ccc(N(c2ccc(Cl)cc2)c2ccc(Cl)c3c2CCC=C3)cc1. The number of fused-ring (bicyclic) bond motifs is 1. The minimum atomic E-state index is 0.722. The van der Waals surface area contributed by atoms with Crippen LogP contribution in [0.4, 0.5) is 17.1 Å². The number of aryl methyl sites for hydroxylation is 1. The number of anilines is 3. The smallest absolute Gasteiger partial charge is 0.0500 e. The summed E-state index contributed by atoms with van der Waals surface area (Å²) >= 11 is 12.9. The largest absolute Gasteiger partial charge is 0.310 e. The second-order valence-electron chi connectivity index (χ2n) is 9.97. The van der Waals surface area contributed by atoms with Crippen LogP contribution in [0, 0.1) is 6.92 Å². The topological polar surface area (TPSA) is 3.24 Å². The lowest BCUT2D eigenvalue weighted by Crippen LogP contribution is -2.14. The predicted molar refractivity (Wildman–Crippen MR) is 172 cm³/mol. The maximum atomic E-state index is 6.61. The molecule has 0 heterocycles. The van der Waals surface area contributed by atoms with Gasteiger partial charge < -0.3 is 4.90 Å². The molecule has 0 spiro atoms. The van der Waals surface area contributed by atoms with Crippen LogP contribution in [0.2, 0.25) is 10.0 Å². The van der Waals surface area contributed by atoms with E-state index in [1.165, 1.54) is 33.4 Å². The summed E-state index contributed by atoms with van der Waals surface area (Å²) in [6.07, 6.45) is 11.9. The lowest BCUT2D eigenvalue weighted by atomic mass is 9.94. The Balaban J connectivity index is 1.57. The molecule has 0 aromatic heterocycles. The molecule has 39 heavy (non-hydrogen) atoms. The van der Waals surface area contributed by atoms with Crippen LogP contribution < -0.4 is 4.90 Å². The van der Waals surface area contributed by atoms with Gasteiger partial charge in [0, 0.05) is 21.4 Å². The molecule has 1 nitrogen and oxygen atoms in total. The van der Waals surface area contributed by atoms with E-state index < -0.39 is 0 Å². The fourth-order valence-electron chi connectivity index (χ4n) is 5.33. The van der Waals surface area contributed by atoms with Crippen molar-refractivity contribution in [2.24, 2.45) is 0 Å². The Hall–Kier alpha value is -3.52. The van der Waals surface area contributed by atoms with Crippen molar-refractivity contribution in [3.8, 4) is 0 Å². The summed E-state index contributed by atoms with van der Waals surface area (Å²) < 4.78 is 0. The summed E-state index contributed by atoms with van der Waals surface area (Å²) in [6.45, 7) is 6.55. The minimum absolute atomic E-state index is 0.722. The van der Waals surface area contributed by atoms with E-state index in [1.807, 2.05) is 18.2 Å². The molecular weight excluding hydrogens is 517 g/mol. The summed E-state index contributed by atoms with van der Waals surface area (Å²) in [5.74, 6) is 0. The fraction of sp³-hybridized carbons (Fsp3) is 0.167. The minimum Gasteiger partial charge on any atom is -0.310 e. The number of benzene rings is 4. The van der Waals surface area contributed by atoms with Gasteiger partial charge in [0.1, 0.15) is 0 Å². The monoisotopic (exact) mass is 549 g/mol. The zero-order valence-electron chi connectivity index (χ0n) is 22.7. The van der Waals surface area contributed by atoms with Crippen LogP contribution in [0.3, 0.4) is 0 Å². The van der Waals surface area contributed by atoms with Crippen molar-refractivity contribution < 1.29 is 0 Å². The molecule has 0 aliphatic heterocycles. The molecule has 0 radical (unpaired) electrons. The van der Waals surface area contributed by atoms with E-state index in [9.17, 15) is 0 Å². The number of rotatable bonds is 7. The van der Waals surface area contributed by atoms with Gasteiger partial charge in [0.25, 0.3) is 0 Å². The van der Waals surface area contributed by atoms with Gasteiger partial charge >= 0.3 is 0 Å². The van der Waals surface area contributed by atoms with Gasteiger partial charge in [-0.3, -0.25) is 0 Å². The Morgan fingerprint density at radius 2 is 1.56 bits per heavy atom. The highest BCUT2D eigenvalue weighted by Crippen LogP contribution is 2.42. The van der Waals surface area contributed by atoms with Gasteiger partial charge in [0.15, 0.2) is 0 Å². The highest BCUT2D eigenvalue weighted by Gasteiger charge is 2.20. The highest BCUT2D eigenvalue weighted by molar-refractivity contribution is 6.32. The molecule has 4 aromatic carbocycles. The molecule has 0 amide bonds. The maximum absolute atomic E-state index is 6.61.